The molecule has 0 unspecified atom stereocenters. The minimum absolute atomic E-state index is 0.154. The minimum Gasteiger partial charge on any atom is -0.495 e. The Bertz CT molecular complexity index is 532. The molecule has 1 aromatic carbocycles. The zero-order valence-electron chi connectivity index (χ0n) is 12.8. The van der Waals surface area contributed by atoms with E-state index >= 15 is 0 Å². The SMILES string of the molecule is CCOCCCNS(=O)(=O)c1ccc(CNC)cc1OC. The fraction of sp³-hybridized carbons (Fsp3) is 0.571. The van der Waals surface area contributed by atoms with Crippen molar-refractivity contribution in [1.82, 2.24) is 10.0 Å². The van der Waals surface area contributed by atoms with Crippen molar-refractivity contribution in [2.24, 2.45) is 0 Å². The van der Waals surface area contributed by atoms with Crippen LogP contribution in [0, 0.1) is 0 Å². The summed E-state index contributed by atoms with van der Waals surface area (Å²) in [5, 5.41) is 3.01. The standard InChI is InChI=1S/C14H24N2O4S/c1-4-20-9-5-8-16-21(17,18)14-7-6-12(11-15-2)10-13(14)19-3/h6-7,10,15-16H,4-5,8-9,11H2,1-3H3. The largest absolute Gasteiger partial charge is 0.495 e. The summed E-state index contributed by atoms with van der Waals surface area (Å²) < 4.78 is 37.5. The number of nitrogens with one attached hydrogen (secondary N) is 2. The predicted octanol–water partition coefficient (Wildman–Crippen LogP) is 1.12. The number of rotatable bonds is 10. The topological polar surface area (TPSA) is 76.7 Å². The number of methoxy groups -OCH3 is 1. The van der Waals surface area contributed by atoms with Gasteiger partial charge in [-0.05, 0) is 38.1 Å². The van der Waals surface area contributed by atoms with Gasteiger partial charge in [-0.2, -0.15) is 0 Å². The third kappa shape index (κ3) is 5.62. The van der Waals surface area contributed by atoms with Gasteiger partial charge >= 0.3 is 0 Å². The highest BCUT2D eigenvalue weighted by molar-refractivity contribution is 7.89. The third-order valence-electron chi connectivity index (χ3n) is 2.86. The van der Waals surface area contributed by atoms with Crippen molar-refractivity contribution in [1.29, 1.82) is 0 Å². The lowest BCUT2D eigenvalue weighted by Crippen LogP contribution is -2.26. The summed E-state index contributed by atoms with van der Waals surface area (Å²) in [7, 11) is -0.278. The van der Waals surface area contributed by atoms with Gasteiger partial charge in [0.05, 0.1) is 7.11 Å². The first-order valence-electron chi connectivity index (χ1n) is 6.94. The quantitative estimate of drug-likeness (QED) is 0.633. The highest BCUT2D eigenvalue weighted by Crippen LogP contribution is 2.24. The van der Waals surface area contributed by atoms with E-state index in [0.717, 1.165) is 5.56 Å². The van der Waals surface area contributed by atoms with Crippen LogP contribution in [0.4, 0.5) is 0 Å². The molecule has 7 heteroatoms. The molecular weight excluding hydrogens is 292 g/mol. The van der Waals surface area contributed by atoms with Crippen LogP contribution in [0.2, 0.25) is 0 Å². The maximum absolute atomic E-state index is 12.3. The molecule has 1 rings (SSSR count). The van der Waals surface area contributed by atoms with E-state index in [1.165, 1.54) is 7.11 Å². The summed E-state index contributed by atoms with van der Waals surface area (Å²) in [6.45, 7) is 4.06. The molecule has 120 valence electrons. The lowest BCUT2D eigenvalue weighted by atomic mass is 10.2. The summed E-state index contributed by atoms with van der Waals surface area (Å²) in [6.07, 6.45) is 0.632. The van der Waals surface area contributed by atoms with Crippen molar-refractivity contribution in [3.63, 3.8) is 0 Å². The molecule has 0 radical (unpaired) electrons. The monoisotopic (exact) mass is 316 g/mol. The molecule has 0 aromatic heterocycles. The van der Waals surface area contributed by atoms with E-state index in [0.29, 0.717) is 38.5 Å². The highest BCUT2D eigenvalue weighted by atomic mass is 32.2. The second-order valence-corrected chi connectivity index (χ2v) is 6.20. The Morgan fingerprint density at radius 2 is 2.05 bits per heavy atom. The van der Waals surface area contributed by atoms with E-state index in [2.05, 4.69) is 10.0 Å². The second-order valence-electron chi connectivity index (χ2n) is 4.46. The molecule has 0 saturated carbocycles. The van der Waals surface area contributed by atoms with E-state index in [4.69, 9.17) is 9.47 Å². The van der Waals surface area contributed by atoms with Gasteiger partial charge in [-0.25, -0.2) is 13.1 Å². The van der Waals surface area contributed by atoms with Crippen molar-refractivity contribution in [2.75, 3.05) is 33.9 Å². The van der Waals surface area contributed by atoms with Gasteiger partial charge in [0.2, 0.25) is 10.0 Å². The average Bonchev–Trinajstić information content (AvgIpc) is 2.47. The fourth-order valence-corrected chi connectivity index (χ4v) is 3.07. The van der Waals surface area contributed by atoms with Crippen LogP contribution in [-0.4, -0.2) is 42.3 Å². The van der Waals surface area contributed by atoms with E-state index < -0.39 is 10.0 Å². The maximum Gasteiger partial charge on any atom is 0.244 e. The maximum atomic E-state index is 12.3. The third-order valence-corrected chi connectivity index (χ3v) is 4.36. The molecule has 1 aromatic rings. The van der Waals surface area contributed by atoms with Crippen molar-refractivity contribution in [2.45, 2.75) is 24.8 Å². The van der Waals surface area contributed by atoms with Crippen molar-refractivity contribution >= 4 is 10.0 Å². The van der Waals surface area contributed by atoms with Crippen LogP contribution in [0.3, 0.4) is 0 Å². The smallest absolute Gasteiger partial charge is 0.244 e. The van der Waals surface area contributed by atoms with Gasteiger partial charge in [-0.1, -0.05) is 6.07 Å². The van der Waals surface area contributed by atoms with E-state index in [1.807, 2.05) is 14.0 Å². The second kappa shape index (κ2) is 8.99. The Labute approximate surface area is 126 Å². The van der Waals surface area contributed by atoms with Crippen LogP contribution in [0.15, 0.2) is 23.1 Å². The lowest BCUT2D eigenvalue weighted by molar-refractivity contribution is 0.146. The Hall–Kier alpha value is -1.15. The average molecular weight is 316 g/mol. The summed E-state index contributed by atoms with van der Waals surface area (Å²) in [5.41, 5.74) is 0.963. The summed E-state index contributed by atoms with van der Waals surface area (Å²) in [4.78, 5) is 0.154. The number of ether oxygens (including phenoxy) is 2. The van der Waals surface area contributed by atoms with Gasteiger partial charge in [0.1, 0.15) is 10.6 Å². The number of hydrogen-bond acceptors (Lipinski definition) is 5. The van der Waals surface area contributed by atoms with Crippen LogP contribution in [0.25, 0.3) is 0 Å². The van der Waals surface area contributed by atoms with Gasteiger partial charge in [0, 0.05) is 26.3 Å². The molecule has 0 aliphatic heterocycles. The van der Waals surface area contributed by atoms with Gasteiger partial charge in [0.25, 0.3) is 0 Å². The molecule has 6 nitrogen and oxygen atoms in total. The van der Waals surface area contributed by atoms with Gasteiger partial charge in [-0.15, -0.1) is 0 Å². The minimum atomic E-state index is -3.57. The molecule has 0 aliphatic carbocycles. The molecule has 0 atom stereocenters. The molecule has 0 heterocycles. The van der Waals surface area contributed by atoms with Crippen molar-refractivity contribution in [3.05, 3.63) is 23.8 Å². The molecule has 0 aliphatic rings. The summed E-state index contributed by atoms with van der Waals surface area (Å²) in [5.74, 6) is 0.347. The first-order chi connectivity index (χ1) is 10.0. The fourth-order valence-electron chi connectivity index (χ4n) is 1.85. The van der Waals surface area contributed by atoms with Gasteiger partial charge in [-0.3, -0.25) is 0 Å². The molecule has 2 N–H and O–H groups in total. The molecular formula is C14H24N2O4S. The molecule has 0 saturated heterocycles. The zero-order chi connectivity index (χ0) is 15.7. The van der Waals surface area contributed by atoms with E-state index in [9.17, 15) is 8.42 Å². The van der Waals surface area contributed by atoms with Crippen molar-refractivity contribution in [3.8, 4) is 5.75 Å². The Morgan fingerprint density at radius 1 is 1.29 bits per heavy atom. The number of sulfonamides is 1. The molecule has 0 amide bonds. The Kier molecular flexibility index (Phi) is 7.66. The molecule has 0 bridgehead atoms. The Morgan fingerprint density at radius 3 is 2.67 bits per heavy atom. The van der Waals surface area contributed by atoms with Gasteiger partial charge < -0.3 is 14.8 Å². The van der Waals surface area contributed by atoms with E-state index in [-0.39, 0.29) is 4.90 Å². The van der Waals surface area contributed by atoms with Crippen LogP contribution in [0.5, 0.6) is 5.75 Å². The van der Waals surface area contributed by atoms with Gasteiger partial charge in [0.15, 0.2) is 0 Å². The first kappa shape index (κ1) is 17.9. The lowest BCUT2D eigenvalue weighted by Gasteiger charge is -2.12. The van der Waals surface area contributed by atoms with Crippen LogP contribution < -0.4 is 14.8 Å². The summed E-state index contributed by atoms with van der Waals surface area (Å²) in [6, 6.07) is 5.06. The predicted molar refractivity (Wildman–Crippen MR) is 82.1 cm³/mol. The first-order valence-corrected chi connectivity index (χ1v) is 8.42. The molecule has 21 heavy (non-hydrogen) atoms. The summed E-state index contributed by atoms with van der Waals surface area (Å²) >= 11 is 0. The number of benzene rings is 1. The van der Waals surface area contributed by atoms with Crippen LogP contribution >= 0.6 is 0 Å². The molecule has 0 fully saturated rings. The van der Waals surface area contributed by atoms with Crippen molar-refractivity contribution < 1.29 is 17.9 Å². The molecule has 0 spiro atoms. The normalized spacial score (nSPS) is 11.6. The van der Waals surface area contributed by atoms with Crippen LogP contribution in [0.1, 0.15) is 18.9 Å². The number of hydrogen-bond donors (Lipinski definition) is 2. The van der Waals surface area contributed by atoms with E-state index in [1.54, 1.807) is 18.2 Å². The zero-order valence-corrected chi connectivity index (χ0v) is 13.6. The highest BCUT2D eigenvalue weighted by Gasteiger charge is 2.19. The van der Waals surface area contributed by atoms with Crippen LogP contribution in [-0.2, 0) is 21.3 Å². The Balaban J connectivity index is 2.77.